The molecule has 0 radical (unpaired) electrons. The summed E-state index contributed by atoms with van der Waals surface area (Å²) in [5.74, 6) is 1.32. The van der Waals surface area contributed by atoms with Gasteiger partial charge in [-0.1, -0.05) is 24.3 Å². The van der Waals surface area contributed by atoms with E-state index in [0.717, 1.165) is 42.9 Å². The molecule has 2 N–H and O–H groups in total. The minimum atomic E-state index is 0. The van der Waals surface area contributed by atoms with Crippen molar-refractivity contribution in [3.8, 4) is 11.5 Å². The number of hydrogen-bond acceptors (Lipinski definition) is 4. The highest BCUT2D eigenvalue weighted by Crippen LogP contribution is 2.17. The van der Waals surface area contributed by atoms with Crippen molar-refractivity contribution in [2.24, 2.45) is 4.99 Å². The minimum Gasteiger partial charge on any atom is -0.444 e. The van der Waals surface area contributed by atoms with Gasteiger partial charge in [-0.2, -0.15) is 0 Å². The molecule has 30 heavy (non-hydrogen) atoms. The first-order valence-corrected chi connectivity index (χ1v) is 9.78. The number of aryl methyl sites for hydroxylation is 1. The van der Waals surface area contributed by atoms with Crippen LogP contribution in [0.25, 0.3) is 11.5 Å². The summed E-state index contributed by atoms with van der Waals surface area (Å²) in [6, 6.07) is 15.2. The number of unbranched alkanes of at least 4 members (excludes halogenated alkanes) is 1. The Hall–Kier alpha value is -2.62. The number of rotatable bonds is 8. The van der Waals surface area contributed by atoms with E-state index in [0.29, 0.717) is 18.4 Å². The third kappa shape index (κ3) is 6.72. The Morgan fingerprint density at radius 2 is 1.90 bits per heavy atom. The lowest BCUT2D eigenvalue weighted by Gasteiger charge is -2.12. The molecule has 0 saturated heterocycles. The summed E-state index contributed by atoms with van der Waals surface area (Å²) in [5, 5.41) is 6.53. The van der Waals surface area contributed by atoms with Gasteiger partial charge in [-0.3, -0.25) is 9.79 Å². The van der Waals surface area contributed by atoms with E-state index in [4.69, 9.17) is 4.42 Å². The topological polar surface area (TPSA) is 84.5 Å². The second kappa shape index (κ2) is 12.2. The Morgan fingerprint density at radius 1 is 1.10 bits per heavy atom. The van der Waals surface area contributed by atoms with Gasteiger partial charge in [0.05, 0.1) is 12.2 Å². The number of pyridine rings is 1. The molecule has 0 spiro atoms. The quantitative estimate of drug-likeness (QED) is 0.205. The monoisotopic (exact) mass is 521 g/mol. The van der Waals surface area contributed by atoms with Crippen LogP contribution in [0, 0.1) is 6.92 Å². The maximum absolute atomic E-state index is 11.9. The van der Waals surface area contributed by atoms with Crippen molar-refractivity contribution in [2.45, 2.75) is 32.9 Å². The van der Waals surface area contributed by atoms with Crippen LogP contribution in [-0.2, 0) is 13.1 Å². The molecule has 2 heterocycles. The highest BCUT2D eigenvalue weighted by molar-refractivity contribution is 14.0. The van der Waals surface area contributed by atoms with Gasteiger partial charge in [0.25, 0.3) is 5.56 Å². The lowest BCUT2D eigenvalue weighted by Crippen LogP contribution is -2.37. The van der Waals surface area contributed by atoms with E-state index >= 15 is 0 Å². The lowest BCUT2D eigenvalue weighted by molar-refractivity contribution is 0.571. The Balaban J connectivity index is 0.00000320. The van der Waals surface area contributed by atoms with Crippen molar-refractivity contribution >= 4 is 29.9 Å². The van der Waals surface area contributed by atoms with E-state index in [1.165, 1.54) is 0 Å². The Kier molecular flexibility index (Phi) is 9.59. The van der Waals surface area contributed by atoms with E-state index in [-0.39, 0.29) is 29.5 Å². The number of nitrogens with zero attached hydrogens (tertiary/aromatic N) is 3. The van der Waals surface area contributed by atoms with Crippen molar-refractivity contribution in [3.05, 3.63) is 76.5 Å². The van der Waals surface area contributed by atoms with Crippen LogP contribution >= 0.6 is 24.0 Å². The molecule has 0 amide bonds. The van der Waals surface area contributed by atoms with Crippen molar-refractivity contribution in [1.82, 2.24) is 20.2 Å². The van der Waals surface area contributed by atoms with Gasteiger partial charge in [0.15, 0.2) is 5.96 Å². The molecule has 160 valence electrons. The molecule has 0 fully saturated rings. The van der Waals surface area contributed by atoms with Crippen LogP contribution in [0.4, 0.5) is 0 Å². The molecule has 7 nitrogen and oxygen atoms in total. The van der Waals surface area contributed by atoms with Crippen molar-refractivity contribution in [2.75, 3.05) is 13.6 Å². The first kappa shape index (κ1) is 23.7. The predicted octanol–water partition coefficient (Wildman–Crippen LogP) is 3.58. The van der Waals surface area contributed by atoms with E-state index in [1.54, 1.807) is 25.4 Å². The van der Waals surface area contributed by atoms with Crippen molar-refractivity contribution in [3.63, 3.8) is 0 Å². The highest BCUT2D eigenvalue weighted by atomic mass is 127. The van der Waals surface area contributed by atoms with Crippen LogP contribution in [0.3, 0.4) is 0 Å². The Labute approximate surface area is 193 Å². The predicted molar refractivity (Wildman–Crippen MR) is 130 cm³/mol. The summed E-state index contributed by atoms with van der Waals surface area (Å²) in [6.07, 6.45) is 3.50. The van der Waals surface area contributed by atoms with E-state index < -0.39 is 0 Å². The number of aliphatic imine (C=N–C) groups is 1. The molecule has 1 aromatic carbocycles. The summed E-state index contributed by atoms with van der Waals surface area (Å²) in [4.78, 5) is 20.6. The fourth-order valence-electron chi connectivity index (χ4n) is 3.01. The number of benzene rings is 1. The van der Waals surface area contributed by atoms with Crippen LogP contribution in [-0.4, -0.2) is 29.1 Å². The molecule has 0 saturated carbocycles. The molecule has 3 rings (SSSR count). The maximum Gasteiger partial charge on any atom is 0.250 e. The third-order valence-electron chi connectivity index (χ3n) is 4.60. The first-order valence-electron chi connectivity index (χ1n) is 9.78. The molecular formula is C22H28IN5O2. The van der Waals surface area contributed by atoms with Gasteiger partial charge in [0.2, 0.25) is 5.89 Å². The Morgan fingerprint density at radius 3 is 2.63 bits per heavy atom. The molecule has 3 aromatic rings. The molecular weight excluding hydrogens is 493 g/mol. The molecule has 8 heteroatoms. The zero-order valence-corrected chi connectivity index (χ0v) is 19.6. The molecule has 0 atom stereocenters. The number of halogens is 1. The standard InChI is InChI=1S/C22H27N5O2.HI/c1-17-9-8-12-20(28)27(17)14-7-6-13-24-22(23-2)25-15-19-16-29-21(26-19)18-10-4-3-5-11-18;/h3-5,8-12,16H,6-7,13-15H2,1-2H3,(H2,23,24,25);1H. The van der Waals surface area contributed by atoms with Crippen molar-refractivity contribution in [1.29, 1.82) is 0 Å². The molecule has 0 aliphatic carbocycles. The van der Waals surface area contributed by atoms with Crippen LogP contribution in [0.15, 0.2) is 69.0 Å². The Bertz CT molecular complexity index is 998. The fourth-order valence-corrected chi connectivity index (χ4v) is 3.01. The first-order chi connectivity index (χ1) is 14.2. The largest absolute Gasteiger partial charge is 0.444 e. The zero-order chi connectivity index (χ0) is 20.5. The van der Waals surface area contributed by atoms with Gasteiger partial charge in [0, 0.05) is 37.5 Å². The van der Waals surface area contributed by atoms with Gasteiger partial charge in [-0.05, 0) is 38.0 Å². The average Bonchev–Trinajstić information content (AvgIpc) is 3.21. The number of hydrogen-bond donors (Lipinski definition) is 2. The van der Waals surface area contributed by atoms with Gasteiger partial charge in [0.1, 0.15) is 6.26 Å². The molecule has 0 aliphatic heterocycles. The van der Waals surface area contributed by atoms with Crippen LogP contribution < -0.4 is 16.2 Å². The molecule has 0 bridgehead atoms. The number of aromatic nitrogens is 2. The van der Waals surface area contributed by atoms with E-state index in [9.17, 15) is 4.79 Å². The molecule has 0 aliphatic rings. The van der Waals surface area contributed by atoms with Crippen LogP contribution in [0.1, 0.15) is 24.2 Å². The molecule has 2 aromatic heterocycles. The zero-order valence-electron chi connectivity index (χ0n) is 17.3. The molecule has 0 unspecified atom stereocenters. The average molecular weight is 521 g/mol. The highest BCUT2D eigenvalue weighted by Gasteiger charge is 2.07. The second-order valence-corrected chi connectivity index (χ2v) is 6.73. The van der Waals surface area contributed by atoms with E-state index in [2.05, 4.69) is 20.6 Å². The normalized spacial score (nSPS) is 11.1. The second-order valence-electron chi connectivity index (χ2n) is 6.73. The summed E-state index contributed by atoms with van der Waals surface area (Å²) >= 11 is 0. The van der Waals surface area contributed by atoms with Gasteiger partial charge < -0.3 is 19.6 Å². The van der Waals surface area contributed by atoms with E-state index in [1.807, 2.05) is 47.9 Å². The minimum absolute atomic E-state index is 0. The summed E-state index contributed by atoms with van der Waals surface area (Å²) in [5.41, 5.74) is 2.81. The van der Waals surface area contributed by atoms with Crippen molar-refractivity contribution < 1.29 is 4.42 Å². The smallest absolute Gasteiger partial charge is 0.250 e. The number of oxazole rings is 1. The number of nitrogens with one attached hydrogen (secondary N) is 2. The SMILES string of the molecule is CN=C(NCCCCn1c(C)cccc1=O)NCc1coc(-c2ccccc2)n1.I. The summed E-state index contributed by atoms with van der Waals surface area (Å²) in [7, 11) is 1.74. The maximum atomic E-state index is 11.9. The number of guanidine groups is 1. The summed E-state index contributed by atoms with van der Waals surface area (Å²) < 4.78 is 7.36. The van der Waals surface area contributed by atoms with Gasteiger partial charge in [-0.15, -0.1) is 24.0 Å². The summed E-state index contributed by atoms with van der Waals surface area (Å²) in [6.45, 7) is 3.97. The third-order valence-corrected chi connectivity index (χ3v) is 4.60. The fraction of sp³-hybridized carbons (Fsp3) is 0.318. The van der Waals surface area contributed by atoms with Gasteiger partial charge in [-0.25, -0.2) is 4.98 Å². The lowest BCUT2D eigenvalue weighted by atomic mass is 10.2. The van der Waals surface area contributed by atoms with Crippen LogP contribution in [0.5, 0.6) is 0 Å². The van der Waals surface area contributed by atoms with Gasteiger partial charge >= 0.3 is 0 Å². The van der Waals surface area contributed by atoms with Crippen LogP contribution in [0.2, 0.25) is 0 Å².